The molecule has 2 aromatic heterocycles. The molecule has 3 N–H and O–H groups in total. The smallest absolute Gasteiger partial charge is 0.315 e. The number of aryl methyl sites for hydroxylation is 3. The zero-order chi connectivity index (χ0) is 17.0. The van der Waals surface area contributed by atoms with Crippen molar-refractivity contribution in [3.05, 3.63) is 45.0 Å². The van der Waals surface area contributed by atoms with Crippen molar-refractivity contribution in [3.8, 4) is 0 Å². The summed E-state index contributed by atoms with van der Waals surface area (Å²) < 4.78 is 5.44. The van der Waals surface area contributed by atoms with Gasteiger partial charge in [0, 0.05) is 15.3 Å². The molecular formula is C17H24N2O3S. The molecule has 0 aromatic carbocycles. The van der Waals surface area contributed by atoms with Gasteiger partial charge in [0.2, 0.25) is 0 Å². The van der Waals surface area contributed by atoms with Gasteiger partial charge in [-0.25, -0.2) is 4.79 Å². The van der Waals surface area contributed by atoms with Crippen LogP contribution in [0.1, 0.15) is 40.7 Å². The second-order valence-electron chi connectivity index (χ2n) is 5.86. The average Bonchev–Trinajstić information content (AvgIpc) is 3.09. The Hall–Kier alpha value is -1.79. The summed E-state index contributed by atoms with van der Waals surface area (Å²) in [7, 11) is 0. The molecule has 0 fully saturated rings. The summed E-state index contributed by atoms with van der Waals surface area (Å²) in [6, 6.07) is 5.60. The Morgan fingerprint density at radius 2 is 2.00 bits per heavy atom. The third-order valence-corrected chi connectivity index (χ3v) is 4.93. The quantitative estimate of drug-likeness (QED) is 0.758. The summed E-state index contributed by atoms with van der Waals surface area (Å²) in [5.41, 5.74) is -0.474. The summed E-state index contributed by atoms with van der Waals surface area (Å²) >= 11 is 1.70. The minimum atomic E-state index is -1.17. The first-order chi connectivity index (χ1) is 10.8. The van der Waals surface area contributed by atoms with Crippen LogP contribution in [0, 0.1) is 13.8 Å². The molecule has 0 aliphatic carbocycles. The van der Waals surface area contributed by atoms with E-state index in [0.717, 1.165) is 17.1 Å². The predicted octanol–water partition coefficient (Wildman–Crippen LogP) is 3.23. The second-order valence-corrected chi connectivity index (χ2v) is 7.11. The lowest BCUT2D eigenvalue weighted by molar-refractivity contribution is 0.0579. The van der Waals surface area contributed by atoms with Crippen molar-refractivity contribution in [2.45, 2.75) is 46.3 Å². The lowest BCUT2D eigenvalue weighted by atomic mass is 9.96. The number of hydrogen-bond acceptors (Lipinski definition) is 4. The maximum absolute atomic E-state index is 11.9. The fourth-order valence-electron chi connectivity index (χ4n) is 2.45. The van der Waals surface area contributed by atoms with E-state index in [0.29, 0.717) is 17.9 Å². The summed E-state index contributed by atoms with van der Waals surface area (Å²) in [5, 5.41) is 16.1. The van der Waals surface area contributed by atoms with Gasteiger partial charge >= 0.3 is 6.03 Å². The van der Waals surface area contributed by atoms with E-state index in [9.17, 15) is 9.90 Å². The van der Waals surface area contributed by atoms with E-state index >= 15 is 0 Å². The van der Waals surface area contributed by atoms with Crippen LogP contribution in [0.25, 0.3) is 0 Å². The van der Waals surface area contributed by atoms with Crippen molar-refractivity contribution in [2.75, 3.05) is 6.54 Å². The highest BCUT2D eigenvalue weighted by Gasteiger charge is 2.28. The minimum absolute atomic E-state index is 0.114. The Morgan fingerprint density at radius 1 is 1.30 bits per heavy atom. The summed E-state index contributed by atoms with van der Waals surface area (Å²) in [5.74, 6) is 1.41. The molecule has 2 heterocycles. The van der Waals surface area contributed by atoms with Crippen molar-refractivity contribution in [1.82, 2.24) is 10.6 Å². The molecule has 2 amide bonds. The van der Waals surface area contributed by atoms with Crippen LogP contribution in [-0.4, -0.2) is 17.7 Å². The van der Waals surface area contributed by atoms with Gasteiger partial charge in [-0.05, 0) is 45.4 Å². The van der Waals surface area contributed by atoms with E-state index in [1.54, 1.807) is 31.3 Å². The van der Waals surface area contributed by atoms with Gasteiger partial charge in [-0.15, -0.1) is 11.3 Å². The Kier molecular flexibility index (Phi) is 5.49. The number of thiophene rings is 1. The Bertz CT molecular complexity index is 673. The Balaban J connectivity index is 1.84. The van der Waals surface area contributed by atoms with Gasteiger partial charge in [0.05, 0.1) is 13.1 Å². The van der Waals surface area contributed by atoms with Crippen LogP contribution < -0.4 is 10.6 Å². The summed E-state index contributed by atoms with van der Waals surface area (Å²) in [6.07, 6.45) is 1.00. The average molecular weight is 336 g/mol. The molecule has 2 rings (SSSR count). The molecule has 1 unspecified atom stereocenters. The third-order valence-electron chi connectivity index (χ3n) is 3.70. The Labute approximate surface area is 140 Å². The fraction of sp³-hybridized carbons (Fsp3) is 0.471. The number of carbonyl (C=O) groups is 1. The van der Waals surface area contributed by atoms with Crippen LogP contribution >= 0.6 is 11.3 Å². The van der Waals surface area contributed by atoms with Crippen LogP contribution in [0.3, 0.4) is 0 Å². The van der Waals surface area contributed by atoms with Crippen LogP contribution in [-0.2, 0) is 18.6 Å². The number of aliphatic hydroxyl groups is 1. The second kappa shape index (κ2) is 7.19. The van der Waals surface area contributed by atoms with Crippen molar-refractivity contribution < 1.29 is 14.3 Å². The van der Waals surface area contributed by atoms with Crippen molar-refractivity contribution in [1.29, 1.82) is 0 Å². The van der Waals surface area contributed by atoms with Gasteiger partial charge in [0.15, 0.2) is 0 Å². The normalized spacial score (nSPS) is 13.6. The van der Waals surface area contributed by atoms with E-state index < -0.39 is 5.60 Å². The lowest BCUT2D eigenvalue weighted by Gasteiger charge is -2.23. The topological polar surface area (TPSA) is 74.5 Å². The van der Waals surface area contributed by atoms with Gasteiger partial charge in [0.25, 0.3) is 0 Å². The zero-order valence-electron chi connectivity index (χ0n) is 14.0. The van der Waals surface area contributed by atoms with Crippen LogP contribution in [0.2, 0.25) is 0 Å². The van der Waals surface area contributed by atoms with Crippen LogP contribution in [0.15, 0.2) is 22.6 Å². The van der Waals surface area contributed by atoms with Crippen molar-refractivity contribution in [3.63, 3.8) is 0 Å². The monoisotopic (exact) mass is 336 g/mol. The van der Waals surface area contributed by atoms with E-state index in [1.807, 2.05) is 13.0 Å². The van der Waals surface area contributed by atoms with Gasteiger partial charge < -0.3 is 20.2 Å². The van der Waals surface area contributed by atoms with E-state index in [1.165, 1.54) is 4.88 Å². The number of nitrogens with one attached hydrogen (secondary N) is 2. The molecule has 0 spiro atoms. The van der Waals surface area contributed by atoms with E-state index in [2.05, 4.69) is 23.6 Å². The largest absolute Gasteiger partial charge is 0.466 e. The molecule has 0 aliphatic heterocycles. The van der Waals surface area contributed by atoms with Crippen LogP contribution in [0.5, 0.6) is 0 Å². The van der Waals surface area contributed by atoms with Gasteiger partial charge in [-0.1, -0.05) is 6.92 Å². The molecule has 0 saturated carbocycles. The maximum Gasteiger partial charge on any atom is 0.315 e. The molecule has 23 heavy (non-hydrogen) atoms. The zero-order valence-corrected chi connectivity index (χ0v) is 14.8. The molecule has 2 aromatic rings. The molecule has 6 heteroatoms. The number of amides is 2. The van der Waals surface area contributed by atoms with Gasteiger partial charge in [-0.2, -0.15) is 0 Å². The fourth-order valence-corrected chi connectivity index (χ4v) is 3.35. The molecule has 126 valence electrons. The molecule has 0 aliphatic rings. The van der Waals surface area contributed by atoms with Crippen molar-refractivity contribution >= 4 is 17.4 Å². The first-order valence-corrected chi connectivity index (χ1v) is 8.52. The van der Waals surface area contributed by atoms with Crippen LogP contribution in [0.4, 0.5) is 4.79 Å². The number of carbonyl (C=O) groups excluding carboxylic acids is 1. The van der Waals surface area contributed by atoms with E-state index in [4.69, 9.17) is 4.42 Å². The number of rotatable bonds is 6. The maximum atomic E-state index is 11.9. The van der Waals surface area contributed by atoms with Gasteiger partial charge in [-0.3, -0.25) is 0 Å². The molecule has 0 radical (unpaired) electrons. The van der Waals surface area contributed by atoms with E-state index in [-0.39, 0.29) is 12.6 Å². The molecule has 0 saturated heterocycles. The highest BCUT2D eigenvalue weighted by Crippen LogP contribution is 2.26. The number of furan rings is 1. The standard InChI is InChI=1S/C17H24N2O3S/c1-5-13-6-7-14(23-13)9-18-16(20)19-10-17(4,21)15-8-11(2)22-12(15)3/h6-8,21H,5,9-10H2,1-4H3,(H2,18,19,20). The molecule has 5 nitrogen and oxygen atoms in total. The Morgan fingerprint density at radius 3 is 2.57 bits per heavy atom. The minimum Gasteiger partial charge on any atom is -0.466 e. The first kappa shape index (κ1) is 17.6. The lowest BCUT2D eigenvalue weighted by Crippen LogP contribution is -2.43. The highest BCUT2D eigenvalue weighted by atomic mass is 32.1. The summed E-state index contributed by atoms with van der Waals surface area (Å²) in [6.45, 7) is 8.01. The number of hydrogen-bond donors (Lipinski definition) is 3. The first-order valence-electron chi connectivity index (χ1n) is 7.71. The SMILES string of the molecule is CCc1ccc(CNC(=O)NCC(C)(O)c2cc(C)oc2C)s1. The number of urea groups is 1. The molecule has 0 bridgehead atoms. The summed E-state index contributed by atoms with van der Waals surface area (Å²) in [4.78, 5) is 14.3. The molecule has 1 atom stereocenters. The van der Waals surface area contributed by atoms with Gasteiger partial charge in [0.1, 0.15) is 17.1 Å². The molecular weight excluding hydrogens is 312 g/mol. The van der Waals surface area contributed by atoms with Crippen molar-refractivity contribution in [2.24, 2.45) is 0 Å². The predicted molar refractivity (Wildman–Crippen MR) is 91.7 cm³/mol. The highest BCUT2D eigenvalue weighted by molar-refractivity contribution is 7.11. The third kappa shape index (κ3) is 4.59.